The van der Waals surface area contributed by atoms with Gasteiger partial charge in [0.15, 0.2) is 0 Å². The summed E-state index contributed by atoms with van der Waals surface area (Å²) >= 11 is 0. The highest BCUT2D eigenvalue weighted by molar-refractivity contribution is 7.85. The Morgan fingerprint density at radius 3 is 2.33 bits per heavy atom. The van der Waals surface area contributed by atoms with E-state index < -0.39 is 23.4 Å². The second-order valence-electron chi connectivity index (χ2n) is 2.65. The van der Waals surface area contributed by atoms with E-state index in [2.05, 4.69) is 0 Å². The molecule has 0 saturated heterocycles. The van der Waals surface area contributed by atoms with E-state index in [1.807, 2.05) is 0 Å². The van der Waals surface area contributed by atoms with Gasteiger partial charge in [-0.2, -0.15) is 13.2 Å². The van der Waals surface area contributed by atoms with Crippen molar-refractivity contribution >= 4 is 10.8 Å². The van der Waals surface area contributed by atoms with Crippen LogP contribution in [0.4, 0.5) is 13.2 Å². The van der Waals surface area contributed by atoms with Gasteiger partial charge in [0.2, 0.25) is 0 Å². The average molecular weight is 203 g/mol. The SMILES string of the molecule is CC(N)CS(=O)CCC(F)(F)F. The highest BCUT2D eigenvalue weighted by atomic mass is 32.2. The third kappa shape index (κ3) is 8.00. The minimum Gasteiger partial charge on any atom is -0.327 e. The van der Waals surface area contributed by atoms with Gasteiger partial charge < -0.3 is 5.73 Å². The van der Waals surface area contributed by atoms with Crippen LogP contribution in [-0.4, -0.2) is 27.9 Å². The van der Waals surface area contributed by atoms with Gasteiger partial charge in [-0.15, -0.1) is 0 Å². The minimum atomic E-state index is -4.21. The van der Waals surface area contributed by atoms with Crippen molar-refractivity contribution in [3.63, 3.8) is 0 Å². The molecule has 0 aromatic heterocycles. The van der Waals surface area contributed by atoms with Crippen molar-refractivity contribution in [2.24, 2.45) is 5.73 Å². The number of nitrogens with two attached hydrogens (primary N) is 1. The summed E-state index contributed by atoms with van der Waals surface area (Å²) in [6.07, 6.45) is -5.21. The molecule has 0 aliphatic heterocycles. The van der Waals surface area contributed by atoms with Crippen LogP contribution in [-0.2, 0) is 10.8 Å². The van der Waals surface area contributed by atoms with Gasteiger partial charge >= 0.3 is 6.18 Å². The molecular formula is C6H12F3NOS. The lowest BCUT2D eigenvalue weighted by molar-refractivity contribution is -0.129. The van der Waals surface area contributed by atoms with E-state index in [9.17, 15) is 17.4 Å². The van der Waals surface area contributed by atoms with E-state index in [-0.39, 0.29) is 17.5 Å². The smallest absolute Gasteiger partial charge is 0.327 e. The van der Waals surface area contributed by atoms with Crippen LogP contribution in [0.5, 0.6) is 0 Å². The number of rotatable bonds is 4. The maximum atomic E-state index is 11.6. The number of hydrogen-bond donors (Lipinski definition) is 1. The van der Waals surface area contributed by atoms with Crippen LogP contribution in [0.25, 0.3) is 0 Å². The molecule has 0 aromatic carbocycles. The molecule has 2 unspecified atom stereocenters. The summed E-state index contributed by atoms with van der Waals surface area (Å²) in [5.74, 6) is -0.207. The molecule has 0 saturated carbocycles. The van der Waals surface area contributed by atoms with Crippen molar-refractivity contribution in [3.8, 4) is 0 Å². The predicted molar refractivity (Wildman–Crippen MR) is 42.2 cm³/mol. The first-order valence-electron chi connectivity index (χ1n) is 3.48. The molecule has 0 aromatic rings. The Bertz CT molecular complexity index is 157. The van der Waals surface area contributed by atoms with E-state index in [4.69, 9.17) is 5.73 Å². The van der Waals surface area contributed by atoms with E-state index in [1.165, 1.54) is 0 Å². The summed E-state index contributed by atoms with van der Waals surface area (Å²) in [7, 11) is -1.44. The Balaban J connectivity index is 3.58. The third-order valence-electron chi connectivity index (χ3n) is 1.06. The van der Waals surface area contributed by atoms with E-state index in [0.717, 1.165) is 0 Å². The maximum Gasteiger partial charge on any atom is 0.390 e. The fraction of sp³-hybridized carbons (Fsp3) is 1.00. The van der Waals surface area contributed by atoms with Crippen molar-refractivity contribution < 1.29 is 17.4 Å². The van der Waals surface area contributed by atoms with Gasteiger partial charge in [-0.25, -0.2) is 0 Å². The lowest BCUT2D eigenvalue weighted by atomic mass is 10.4. The average Bonchev–Trinajstić information content (AvgIpc) is 1.80. The largest absolute Gasteiger partial charge is 0.390 e. The summed E-state index contributed by atoms with van der Waals surface area (Å²) in [6, 6.07) is -0.306. The van der Waals surface area contributed by atoms with Gasteiger partial charge in [-0.1, -0.05) is 0 Å². The molecule has 0 rings (SSSR count). The molecule has 6 heteroatoms. The molecule has 12 heavy (non-hydrogen) atoms. The Labute approximate surface area is 71.8 Å². The topological polar surface area (TPSA) is 43.1 Å². The highest BCUT2D eigenvalue weighted by Gasteiger charge is 2.27. The van der Waals surface area contributed by atoms with Crippen LogP contribution < -0.4 is 5.73 Å². The van der Waals surface area contributed by atoms with Gasteiger partial charge in [0, 0.05) is 28.3 Å². The zero-order valence-electron chi connectivity index (χ0n) is 6.73. The van der Waals surface area contributed by atoms with Gasteiger partial charge in [0.25, 0.3) is 0 Å². The molecule has 0 aliphatic carbocycles. The molecule has 0 aliphatic rings. The first-order valence-corrected chi connectivity index (χ1v) is 4.97. The second kappa shape index (κ2) is 4.81. The summed E-state index contributed by atoms with van der Waals surface area (Å²) in [6.45, 7) is 1.62. The van der Waals surface area contributed by atoms with Crippen molar-refractivity contribution in [2.45, 2.75) is 25.6 Å². The zero-order valence-corrected chi connectivity index (χ0v) is 7.54. The monoisotopic (exact) mass is 203 g/mol. The number of halogens is 3. The molecule has 2 atom stereocenters. The van der Waals surface area contributed by atoms with Crippen molar-refractivity contribution in [2.75, 3.05) is 11.5 Å². The molecule has 74 valence electrons. The van der Waals surface area contributed by atoms with Gasteiger partial charge in [0.05, 0.1) is 6.42 Å². The first-order chi connectivity index (χ1) is 5.31. The van der Waals surface area contributed by atoms with Crippen LogP contribution in [0.2, 0.25) is 0 Å². The molecular weight excluding hydrogens is 191 g/mol. The fourth-order valence-corrected chi connectivity index (χ4v) is 1.82. The van der Waals surface area contributed by atoms with Crippen LogP contribution in [0.15, 0.2) is 0 Å². The maximum absolute atomic E-state index is 11.6. The van der Waals surface area contributed by atoms with Gasteiger partial charge in [-0.05, 0) is 6.92 Å². The Kier molecular flexibility index (Phi) is 4.77. The molecule has 0 radical (unpaired) electrons. The fourth-order valence-electron chi connectivity index (χ4n) is 0.606. The zero-order chi connectivity index (χ0) is 9.78. The minimum absolute atomic E-state index is 0.135. The lowest BCUT2D eigenvalue weighted by Crippen LogP contribution is -2.25. The molecule has 0 heterocycles. The first kappa shape index (κ1) is 11.9. The Morgan fingerprint density at radius 1 is 1.50 bits per heavy atom. The van der Waals surface area contributed by atoms with Gasteiger partial charge in [0.1, 0.15) is 0 Å². The van der Waals surface area contributed by atoms with Crippen LogP contribution >= 0.6 is 0 Å². The summed E-state index contributed by atoms with van der Waals surface area (Å²) < 4.78 is 45.6. The highest BCUT2D eigenvalue weighted by Crippen LogP contribution is 2.19. The predicted octanol–water partition coefficient (Wildman–Crippen LogP) is 1.03. The number of hydrogen-bond acceptors (Lipinski definition) is 2. The van der Waals surface area contributed by atoms with Crippen LogP contribution in [0, 0.1) is 0 Å². The van der Waals surface area contributed by atoms with E-state index in [0.29, 0.717) is 0 Å². The standard InChI is InChI=1S/C6H12F3NOS/c1-5(10)4-12(11)3-2-6(7,8)9/h5H,2-4,10H2,1H3. The molecule has 0 amide bonds. The molecule has 0 bridgehead atoms. The van der Waals surface area contributed by atoms with E-state index >= 15 is 0 Å². The summed E-state index contributed by atoms with van der Waals surface area (Å²) in [5, 5.41) is 0. The quantitative estimate of drug-likeness (QED) is 0.741. The molecule has 2 nitrogen and oxygen atoms in total. The molecule has 0 spiro atoms. The normalized spacial score (nSPS) is 17.4. The van der Waals surface area contributed by atoms with Crippen LogP contribution in [0.3, 0.4) is 0 Å². The number of alkyl halides is 3. The lowest BCUT2D eigenvalue weighted by Gasteiger charge is -2.07. The summed E-state index contributed by atoms with van der Waals surface area (Å²) in [5.41, 5.74) is 5.26. The van der Waals surface area contributed by atoms with Crippen molar-refractivity contribution in [1.82, 2.24) is 0 Å². The second-order valence-corrected chi connectivity index (χ2v) is 4.27. The third-order valence-corrected chi connectivity index (χ3v) is 2.62. The summed E-state index contributed by atoms with van der Waals surface area (Å²) in [4.78, 5) is 0. The van der Waals surface area contributed by atoms with Crippen LogP contribution in [0.1, 0.15) is 13.3 Å². The van der Waals surface area contributed by atoms with E-state index in [1.54, 1.807) is 6.92 Å². The van der Waals surface area contributed by atoms with Crippen molar-refractivity contribution in [1.29, 1.82) is 0 Å². The molecule has 0 fully saturated rings. The Morgan fingerprint density at radius 2 is 2.00 bits per heavy atom. The Hall–Kier alpha value is -0.100. The van der Waals surface area contributed by atoms with Gasteiger partial charge in [-0.3, -0.25) is 4.21 Å². The van der Waals surface area contributed by atoms with Crippen molar-refractivity contribution in [3.05, 3.63) is 0 Å². The molecule has 2 N–H and O–H groups in total.